The van der Waals surface area contributed by atoms with Crippen molar-refractivity contribution >= 4 is 5.78 Å². The molecule has 1 aliphatic heterocycles. The van der Waals surface area contributed by atoms with E-state index in [4.69, 9.17) is 0 Å². The van der Waals surface area contributed by atoms with Crippen LogP contribution in [0.15, 0.2) is 24.3 Å². The summed E-state index contributed by atoms with van der Waals surface area (Å²) in [6.07, 6.45) is 1.79. The number of carbonyl (C=O) groups excluding carboxylic acids is 1. The van der Waals surface area contributed by atoms with Gasteiger partial charge in [-0.1, -0.05) is 24.3 Å². The molecule has 0 amide bonds. The van der Waals surface area contributed by atoms with Gasteiger partial charge in [0.05, 0.1) is 0 Å². The normalized spacial score (nSPS) is 25.3. The monoisotopic (exact) mass is 258 g/mol. The number of hydrogen-bond donors (Lipinski definition) is 0. The Labute approximate surface area is 115 Å². The standard InChI is InChI=1S/C16H22N2O/c1-17-6-8-18(9-7-17)12-13-10-14-4-2-3-5-15(14)16(19)11-13/h2-5,13H,6-12H2,1H3. The van der Waals surface area contributed by atoms with E-state index in [1.807, 2.05) is 18.2 Å². The van der Waals surface area contributed by atoms with Crippen LogP contribution < -0.4 is 0 Å². The maximum atomic E-state index is 12.2. The average molecular weight is 258 g/mol. The number of carbonyl (C=O) groups is 1. The summed E-state index contributed by atoms with van der Waals surface area (Å²) in [7, 11) is 2.18. The third kappa shape index (κ3) is 2.88. The lowest BCUT2D eigenvalue weighted by Crippen LogP contribution is -2.46. The second-order valence-corrected chi connectivity index (χ2v) is 5.96. The summed E-state index contributed by atoms with van der Waals surface area (Å²) in [5.41, 5.74) is 2.20. The maximum absolute atomic E-state index is 12.2. The van der Waals surface area contributed by atoms with Gasteiger partial charge in [0.15, 0.2) is 5.78 Å². The second kappa shape index (κ2) is 5.43. The van der Waals surface area contributed by atoms with E-state index in [9.17, 15) is 4.79 Å². The highest BCUT2D eigenvalue weighted by Gasteiger charge is 2.26. The molecule has 1 saturated heterocycles. The van der Waals surface area contributed by atoms with Crippen LogP contribution in [-0.2, 0) is 6.42 Å². The summed E-state index contributed by atoms with van der Waals surface area (Å²) in [6, 6.07) is 8.11. The molecule has 0 aromatic heterocycles. The molecule has 0 radical (unpaired) electrons. The summed E-state index contributed by atoms with van der Waals surface area (Å²) in [5, 5.41) is 0. The van der Waals surface area contributed by atoms with E-state index in [1.165, 1.54) is 5.56 Å². The quantitative estimate of drug-likeness (QED) is 0.806. The first-order valence-corrected chi connectivity index (χ1v) is 7.24. The first kappa shape index (κ1) is 12.8. The molecule has 1 heterocycles. The van der Waals surface area contributed by atoms with E-state index in [0.717, 1.165) is 51.1 Å². The SMILES string of the molecule is CN1CCN(CC2CC(=O)c3ccccc3C2)CC1. The Bertz CT molecular complexity index is 464. The van der Waals surface area contributed by atoms with Gasteiger partial charge < -0.3 is 9.80 Å². The topological polar surface area (TPSA) is 23.6 Å². The van der Waals surface area contributed by atoms with Crippen molar-refractivity contribution in [1.82, 2.24) is 9.80 Å². The lowest BCUT2D eigenvalue weighted by molar-refractivity contribution is 0.0904. The van der Waals surface area contributed by atoms with Crippen LogP contribution in [-0.4, -0.2) is 55.4 Å². The molecular formula is C16H22N2O. The average Bonchev–Trinajstić information content (AvgIpc) is 2.42. The van der Waals surface area contributed by atoms with Crippen molar-refractivity contribution in [2.45, 2.75) is 12.8 Å². The Morgan fingerprint density at radius 3 is 2.63 bits per heavy atom. The number of piperazine rings is 1. The van der Waals surface area contributed by atoms with Crippen molar-refractivity contribution in [3.8, 4) is 0 Å². The zero-order chi connectivity index (χ0) is 13.2. The molecule has 1 aliphatic carbocycles. The second-order valence-electron chi connectivity index (χ2n) is 5.96. The summed E-state index contributed by atoms with van der Waals surface area (Å²) < 4.78 is 0. The fourth-order valence-electron chi connectivity index (χ4n) is 3.25. The zero-order valence-corrected chi connectivity index (χ0v) is 11.6. The summed E-state index contributed by atoms with van der Waals surface area (Å²) >= 11 is 0. The van der Waals surface area contributed by atoms with E-state index >= 15 is 0 Å². The molecule has 3 nitrogen and oxygen atoms in total. The van der Waals surface area contributed by atoms with Crippen LogP contribution in [0.25, 0.3) is 0 Å². The smallest absolute Gasteiger partial charge is 0.163 e. The molecule has 1 unspecified atom stereocenters. The molecule has 0 bridgehead atoms. The molecule has 102 valence electrons. The van der Waals surface area contributed by atoms with Gasteiger partial charge in [0.1, 0.15) is 0 Å². The summed E-state index contributed by atoms with van der Waals surface area (Å²) in [4.78, 5) is 17.1. The Balaban J connectivity index is 1.64. The number of nitrogens with zero attached hydrogens (tertiary/aromatic N) is 2. The van der Waals surface area contributed by atoms with E-state index in [2.05, 4.69) is 22.9 Å². The number of fused-ring (bicyclic) bond motifs is 1. The molecule has 0 N–H and O–H groups in total. The number of Topliss-reactive ketones (excluding diaryl/α,β-unsaturated/α-hetero) is 1. The van der Waals surface area contributed by atoms with Crippen LogP contribution in [0.1, 0.15) is 22.3 Å². The fourth-order valence-corrected chi connectivity index (χ4v) is 3.25. The highest BCUT2D eigenvalue weighted by molar-refractivity contribution is 5.98. The molecule has 19 heavy (non-hydrogen) atoms. The number of rotatable bonds is 2. The van der Waals surface area contributed by atoms with E-state index in [-0.39, 0.29) is 0 Å². The van der Waals surface area contributed by atoms with Crippen molar-refractivity contribution in [3.05, 3.63) is 35.4 Å². The van der Waals surface area contributed by atoms with Crippen molar-refractivity contribution in [2.24, 2.45) is 5.92 Å². The van der Waals surface area contributed by atoms with Gasteiger partial charge in [-0.3, -0.25) is 4.79 Å². The minimum Gasteiger partial charge on any atom is -0.304 e. The molecule has 1 atom stereocenters. The van der Waals surface area contributed by atoms with Crippen LogP contribution in [0.3, 0.4) is 0 Å². The lowest BCUT2D eigenvalue weighted by atomic mass is 9.83. The van der Waals surface area contributed by atoms with Gasteiger partial charge in [-0.15, -0.1) is 0 Å². The first-order valence-electron chi connectivity index (χ1n) is 7.24. The number of hydrogen-bond acceptors (Lipinski definition) is 3. The largest absolute Gasteiger partial charge is 0.304 e. The molecular weight excluding hydrogens is 236 g/mol. The lowest BCUT2D eigenvalue weighted by Gasteiger charge is -2.35. The van der Waals surface area contributed by atoms with Gasteiger partial charge in [0, 0.05) is 44.7 Å². The highest BCUT2D eigenvalue weighted by Crippen LogP contribution is 2.26. The third-order valence-electron chi connectivity index (χ3n) is 4.41. The van der Waals surface area contributed by atoms with Crippen LogP contribution in [0.5, 0.6) is 0 Å². The third-order valence-corrected chi connectivity index (χ3v) is 4.41. The summed E-state index contributed by atoms with van der Waals surface area (Å²) in [5.74, 6) is 0.840. The predicted octanol–water partition coefficient (Wildman–Crippen LogP) is 1.68. The van der Waals surface area contributed by atoms with Gasteiger partial charge in [0.2, 0.25) is 0 Å². The Morgan fingerprint density at radius 1 is 1.11 bits per heavy atom. The van der Waals surface area contributed by atoms with Gasteiger partial charge in [-0.2, -0.15) is 0 Å². The maximum Gasteiger partial charge on any atom is 0.163 e. The van der Waals surface area contributed by atoms with Crippen LogP contribution in [0.4, 0.5) is 0 Å². The molecule has 0 spiro atoms. The molecule has 3 rings (SSSR count). The Morgan fingerprint density at radius 2 is 1.84 bits per heavy atom. The van der Waals surface area contributed by atoms with E-state index in [1.54, 1.807) is 0 Å². The van der Waals surface area contributed by atoms with Gasteiger partial charge in [0.25, 0.3) is 0 Å². The Hall–Kier alpha value is -1.19. The number of likely N-dealkylation sites (N-methyl/N-ethyl adjacent to an activating group) is 1. The van der Waals surface area contributed by atoms with Crippen molar-refractivity contribution < 1.29 is 4.79 Å². The zero-order valence-electron chi connectivity index (χ0n) is 11.6. The highest BCUT2D eigenvalue weighted by atomic mass is 16.1. The molecule has 2 aliphatic rings. The fraction of sp³-hybridized carbons (Fsp3) is 0.562. The van der Waals surface area contributed by atoms with Crippen LogP contribution in [0.2, 0.25) is 0 Å². The number of benzene rings is 1. The minimum absolute atomic E-state index is 0.334. The van der Waals surface area contributed by atoms with Gasteiger partial charge in [-0.05, 0) is 24.9 Å². The van der Waals surface area contributed by atoms with Crippen molar-refractivity contribution in [1.29, 1.82) is 0 Å². The molecule has 0 saturated carbocycles. The van der Waals surface area contributed by atoms with Gasteiger partial charge in [-0.25, -0.2) is 0 Å². The van der Waals surface area contributed by atoms with Gasteiger partial charge >= 0.3 is 0 Å². The molecule has 1 aromatic rings. The van der Waals surface area contributed by atoms with Crippen LogP contribution >= 0.6 is 0 Å². The van der Waals surface area contributed by atoms with Crippen molar-refractivity contribution in [2.75, 3.05) is 39.8 Å². The first-order chi connectivity index (χ1) is 9.22. The summed E-state index contributed by atoms with van der Waals surface area (Å²) in [6.45, 7) is 5.66. The Kier molecular flexibility index (Phi) is 3.67. The predicted molar refractivity (Wildman–Crippen MR) is 76.5 cm³/mol. The van der Waals surface area contributed by atoms with E-state index in [0.29, 0.717) is 11.7 Å². The number of ketones is 1. The van der Waals surface area contributed by atoms with E-state index < -0.39 is 0 Å². The molecule has 3 heteroatoms. The van der Waals surface area contributed by atoms with Crippen LogP contribution in [0, 0.1) is 5.92 Å². The minimum atomic E-state index is 0.334. The molecule has 1 fully saturated rings. The molecule has 1 aromatic carbocycles. The van der Waals surface area contributed by atoms with Crippen molar-refractivity contribution in [3.63, 3.8) is 0 Å².